The second-order valence-corrected chi connectivity index (χ2v) is 7.57. The summed E-state index contributed by atoms with van der Waals surface area (Å²) in [5.74, 6) is 1.88. The number of rotatable bonds is 6. The zero-order chi connectivity index (χ0) is 20.4. The van der Waals surface area contributed by atoms with Crippen molar-refractivity contribution in [3.05, 3.63) is 53.0 Å². The third-order valence-corrected chi connectivity index (χ3v) is 5.55. The smallest absolute Gasteiger partial charge is 0.256 e. The SMILES string of the molecule is COc1ccc(CCNC(=O)c2cnn3c4c(cnc23)C[C@H](C)CC4)cc1OC. The van der Waals surface area contributed by atoms with Crippen molar-refractivity contribution in [2.75, 3.05) is 20.8 Å². The number of aryl methyl sites for hydroxylation is 1. The molecule has 7 heteroatoms. The van der Waals surface area contributed by atoms with Crippen molar-refractivity contribution in [2.24, 2.45) is 5.92 Å². The Morgan fingerprint density at radius 3 is 2.86 bits per heavy atom. The summed E-state index contributed by atoms with van der Waals surface area (Å²) in [6, 6.07) is 5.77. The minimum Gasteiger partial charge on any atom is -0.493 e. The third-order valence-electron chi connectivity index (χ3n) is 5.55. The van der Waals surface area contributed by atoms with Crippen LogP contribution in [-0.4, -0.2) is 41.3 Å². The number of amides is 1. The van der Waals surface area contributed by atoms with Crippen molar-refractivity contribution < 1.29 is 14.3 Å². The van der Waals surface area contributed by atoms with E-state index in [1.54, 1.807) is 20.4 Å². The summed E-state index contributed by atoms with van der Waals surface area (Å²) in [7, 11) is 3.22. The van der Waals surface area contributed by atoms with Crippen molar-refractivity contribution >= 4 is 11.6 Å². The zero-order valence-electron chi connectivity index (χ0n) is 17.1. The van der Waals surface area contributed by atoms with Crippen molar-refractivity contribution in [3.8, 4) is 11.5 Å². The monoisotopic (exact) mass is 394 g/mol. The number of methoxy groups -OCH3 is 2. The number of nitrogens with zero attached hydrogens (tertiary/aromatic N) is 3. The van der Waals surface area contributed by atoms with Crippen molar-refractivity contribution in [1.82, 2.24) is 19.9 Å². The van der Waals surface area contributed by atoms with Gasteiger partial charge < -0.3 is 14.8 Å². The molecule has 29 heavy (non-hydrogen) atoms. The van der Waals surface area contributed by atoms with Crippen molar-refractivity contribution in [2.45, 2.75) is 32.6 Å². The average molecular weight is 394 g/mol. The van der Waals surface area contributed by atoms with Crippen LogP contribution < -0.4 is 14.8 Å². The van der Waals surface area contributed by atoms with E-state index in [1.807, 2.05) is 28.9 Å². The Balaban J connectivity index is 1.45. The molecule has 152 valence electrons. The van der Waals surface area contributed by atoms with E-state index in [0.717, 1.165) is 24.8 Å². The highest BCUT2D eigenvalue weighted by atomic mass is 16.5. The minimum atomic E-state index is -0.155. The second kappa shape index (κ2) is 8.11. The molecule has 1 atom stereocenters. The van der Waals surface area contributed by atoms with E-state index in [0.29, 0.717) is 41.6 Å². The van der Waals surface area contributed by atoms with Crippen LogP contribution in [0.15, 0.2) is 30.6 Å². The number of hydrogen-bond acceptors (Lipinski definition) is 5. The lowest BCUT2D eigenvalue weighted by atomic mass is 9.89. The highest BCUT2D eigenvalue weighted by Crippen LogP contribution is 2.28. The Labute approximate surface area is 170 Å². The van der Waals surface area contributed by atoms with Gasteiger partial charge in [0.15, 0.2) is 17.1 Å². The Hall–Kier alpha value is -3.09. The van der Waals surface area contributed by atoms with E-state index >= 15 is 0 Å². The fourth-order valence-corrected chi connectivity index (χ4v) is 3.92. The van der Waals surface area contributed by atoms with Gasteiger partial charge in [-0.15, -0.1) is 0 Å². The van der Waals surface area contributed by atoms with Crippen LogP contribution in [0.5, 0.6) is 11.5 Å². The minimum absolute atomic E-state index is 0.155. The molecule has 1 aromatic carbocycles. The number of hydrogen-bond donors (Lipinski definition) is 1. The molecule has 0 saturated carbocycles. The Morgan fingerprint density at radius 2 is 2.07 bits per heavy atom. The third kappa shape index (κ3) is 3.77. The molecular formula is C22H26N4O3. The van der Waals surface area contributed by atoms with Crippen LogP contribution in [0, 0.1) is 5.92 Å². The van der Waals surface area contributed by atoms with Gasteiger partial charge in [0.1, 0.15) is 5.56 Å². The zero-order valence-corrected chi connectivity index (χ0v) is 17.1. The van der Waals surface area contributed by atoms with Crippen LogP contribution in [0.4, 0.5) is 0 Å². The summed E-state index contributed by atoms with van der Waals surface area (Å²) in [6.07, 6.45) is 7.34. The van der Waals surface area contributed by atoms with Crippen molar-refractivity contribution in [3.63, 3.8) is 0 Å². The van der Waals surface area contributed by atoms with Crippen LogP contribution in [0.25, 0.3) is 5.65 Å². The Bertz CT molecular complexity index is 1040. The fraction of sp³-hybridized carbons (Fsp3) is 0.409. The molecular weight excluding hydrogens is 368 g/mol. The van der Waals surface area contributed by atoms with Gasteiger partial charge in [0.05, 0.1) is 20.4 Å². The molecule has 0 spiro atoms. The summed E-state index contributed by atoms with van der Waals surface area (Å²) in [5.41, 5.74) is 4.61. The van der Waals surface area contributed by atoms with E-state index in [1.165, 1.54) is 11.3 Å². The first-order valence-corrected chi connectivity index (χ1v) is 9.94. The summed E-state index contributed by atoms with van der Waals surface area (Å²) in [5, 5.41) is 7.42. The molecule has 0 saturated heterocycles. The predicted octanol–water partition coefficient (Wildman–Crippen LogP) is 2.84. The number of carbonyl (C=O) groups excluding carboxylic acids is 1. The molecule has 2 aromatic heterocycles. The fourth-order valence-electron chi connectivity index (χ4n) is 3.92. The number of nitrogens with one attached hydrogen (secondary N) is 1. The van der Waals surface area contributed by atoms with Crippen LogP contribution >= 0.6 is 0 Å². The first kappa shape index (κ1) is 19.2. The number of carbonyl (C=O) groups is 1. The topological polar surface area (TPSA) is 77.8 Å². The van der Waals surface area contributed by atoms with Gasteiger partial charge in [-0.1, -0.05) is 13.0 Å². The molecule has 0 fully saturated rings. The summed E-state index contributed by atoms with van der Waals surface area (Å²) < 4.78 is 12.4. The summed E-state index contributed by atoms with van der Waals surface area (Å²) >= 11 is 0. The molecule has 4 rings (SSSR count). The summed E-state index contributed by atoms with van der Waals surface area (Å²) in [6.45, 7) is 2.77. The van der Waals surface area contributed by atoms with Crippen LogP contribution in [0.1, 0.15) is 40.5 Å². The number of ether oxygens (including phenoxy) is 2. The largest absolute Gasteiger partial charge is 0.493 e. The van der Waals surface area contributed by atoms with Crippen LogP contribution in [0.2, 0.25) is 0 Å². The van der Waals surface area contributed by atoms with E-state index in [9.17, 15) is 4.79 Å². The van der Waals surface area contributed by atoms with Gasteiger partial charge >= 0.3 is 0 Å². The highest BCUT2D eigenvalue weighted by molar-refractivity contribution is 5.99. The number of benzene rings is 1. The van der Waals surface area contributed by atoms with Gasteiger partial charge in [0.2, 0.25) is 0 Å². The molecule has 1 aliphatic rings. The van der Waals surface area contributed by atoms with E-state index < -0.39 is 0 Å². The average Bonchev–Trinajstić information content (AvgIpc) is 3.17. The summed E-state index contributed by atoms with van der Waals surface area (Å²) in [4.78, 5) is 17.2. The van der Waals surface area contributed by atoms with Gasteiger partial charge in [-0.3, -0.25) is 4.79 Å². The first-order chi connectivity index (χ1) is 14.1. The maximum absolute atomic E-state index is 12.7. The molecule has 3 aromatic rings. The molecule has 0 radical (unpaired) electrons. The molecule has 1 amide bonds. The van der Waals surface area contributed by atoms with Gasteiger partial charge in [-0.25, -0.2) is 9.50 Å². The maximum Gasteiger partial charge on any atom is 0.256 e. The standard InChI is InChI=1S/C22H26N4O3/c1-14-4-6-18-16(10-14)12-24-21-17(13-25-26(18)21)22(27)23-9-8-15-5-7-19(28-2)20(11-15)29-3/h5,7,11-14H,4,6,8-10H2,1-3H3,(H,23,27)/t14-/m1/s1. The number of fused-ring (bicyclic) bond motifs is 3. The van der Waals surface area contributed by atoms with Crippen LogP contribution in [-0.2, 0) is 19.3 Å². The highest BCUT2D eigenvalue weighted by Gasteiger charge is 2.22. The van der Waals surface area contributed by atoms with E-state index in [4.69, 9.17) is 9.47 Å². The van der Waals surface area contributed by atoms with Gasteiger partial charge in [-0.05, 0) is 54.9 Å². The quantitative estimate of drug-likeness (QED) is 0.696. The molecule has 1 aliphatic carbocycles. The molecule has 0 bridgehead atoms. The molecule has 2 heterocycles. The predicted molar refractivity (Wildman–Crippen MR) is 110 cm³/mol. The first-order valence-electron chi connectivity index (χ1n) is 9.94. The van der Waals surface area contributed by atoms with E-state index in [2.05, 4.69) is 22.3 Å². The second-order valence-electron chi connectivity index (χ2n) is 7.57. The van der Waals surface area contributed by atoms with Gasteiger partial charge in [0, 0.05) is 18.4 Å². The molecule has 1 N–H and O–H groups in total. The van der Waals surface area contributed by atoms with Crippen LogP contribution in [0.3, 0.4) is 0 Å². The number of aromatic nitrogens is 3. The molecule has 0 unspecified atom stereocenters. The lowest BCUT2D eigenvalue weighted by Gasteiger charge is -2.21. The van der Waals surface area contributed by atoms with Crippen molar-refractivity contribution in [1.29, 1.82) is 0 Å². The lowest BCUT2D eigenvalue weighted by molar-refractivity contribution is 0.0955. The van der Waals surface area contributed by atoms with Gasteiger partial charge in [0.25, 0.3) is 5.91 Å². The molecule has 0 aliphatic heterocycles. The lowest BCUT2D eigenvalue weighted by Crippen LogP contribution is -2.26. The maximum atomic E-state index is 12.7. The normalized spacial score (nSPS) is 15.8. The van der Waals surface area contributed by atoms with E-state index in [-0.39, 0.29) is 5.91 Å². The Morgan fingerprint density at radius 1 is 1.24 bits per heavy atom. The Kier molecular flexibility index (Phi) is 5.38. The molecule has 7 nitrogen and oxygen atoms in total. The van der Waals surface area contributed by atoms with Gasteiger partial charge in [-0.2, -0.15) is 5.10 Å².